The maximum Gasteiger partial charge on any atom is 0.490 e. The molecule has 6 rings (SSSR count). The van der Waals surface area contributed by atoms with Gasteiger partial charge in [0.25, 0.3) is 5.91 Å². The summed E-state index contributed by atoms with van der Waals surface area (Å²) < 4.78 is 40.9. The number of ether oxygens (including phenoxy) is 1. The summed E-state index contributed by atoms with van der Waals surface area (Å²) in [5.74, 6) is -1.39. The Bertz CT molecular complexity index is 1550. The lowest BCUT2D eigenvalue weighted by atomic mass is 10.0. The minimum atomic E-state index is -5.08. The van der Waals surface area contributed by atoms with E-state index in [4.69, 9.17) is 19.6 Å². The number of carboxylic acid groups (broad SMARTS) is 1. The van der Waals surface area contributed by atoms with Gasteiger partial charge in [-0.2, -0.15) is 18.3 Å². The van der Waals surface area contributed by atoms with Crippen molar-refractivity contribution in [3.05, 3.63) is 60.8 Å². The van der Waals surface area contributed by atoms with Crippen molar-refractivity contribution in [2.75, 3.05) is 33.3 Å². The first-order valence-electron chi connectivity index (χ1n) is 13.5. The van der Waals surface area contributed by atoms with Crippen molar-refractivity contribution in [1.82, 2.24) is 33.9 Å². The Morgan fingerprint density at radius 1 is 1.05 bits per heavy atom. The van der Waals surface area contributed by atoms with Crippen molar-refractivity contribution in [3.8, 4) is 23.0 Å². The molecule has 2 fully saturated rings. The summed E-state index contributed by atoms with van der Waals surface area (Å²) in [6.07, 6.45) is 6.55. The number of piperidine rings is 1. The third-order valence-electron chi connectivity index (χ3n) is 7.47. The van der Waals surface area contributed by atoms with Gasteiger partial charge in [-0.1, -0.05) is 6.07 Å². The predicted octanol–water partition coefficient (Wildman–Crippen LogP) is 3.92. The molecule has 42 heavy (non-hydrogen) atoms. The maximum atomic E-state index is 13.6. The highest BCUT2D eigenvalue weighted by Gasteiger charge is 2.38. The van der Waals surface area contributed by atoms with Crippen LogP contribution in [-0.4, -0.2) is 96.4 Å². The summed E-state index contributed by atoms with van der Waals surface area (Å²) in [4.78, 5) is 36.2. The molecule has 0 radical (unpaired) electrons. The van der Waals surface area contributed by atoms with Crippen molar-refractivity contribution in [1.29, 1.82) is 0 Å². The van der Waals surface area contributed by atoms with Crippen LogP contribution < -0.4 is 4.74 Å². The van der Waals surface area contributed by atoms with Crippen LogP contribution in [0.15, 0.2) is 55.1 Å². The molecule has 0 atom stereocenters. The van der Waals surface area contributed by atoms with E-state index in [2.05, 4.69) is 15.0 Å². The molecule has 222 valence electrons. The highest BCUT2D eigenvalue weighted by atomic mass is 19.4. The number of aromatic nitrogens is 5. The number of methoxy groups -OCH3 is 1. The Hall–Kier alpha value is -4.46. The third-order valence-corrected chi connectivity index (χ3v) is 7.47. The zero-order valence-corrected chi connectivity index (χ0v) is 22.9. The molecule has 0 unspecified atom stereocenters. The van der Waals surface area contributed by atoms with Gasteiger partial charge in [-0.15, -0.1) is 0 Å². The number of fused-ring (bicyclic) bond motifs is 1. The van der Waals surface area contributed by atoms with Gasteiger partial charge in [0.1, 0.15) is 11.4 Å². The summed E-state index contributed by atoms with van der Waals surface area (Å²) in [7, 11) is 1.64. The molecule has 0 spiro atoms. The molecule has 1 amide bonds. The molecule has 5 heterocycles. The van der Waals surface area contributed by atoms with E-state index in [-0.39, 0.29) is 5.91 Å². The van der Waals surface area contributed by atoms with Crippen molar-refractivity contribution in [2.45, 2.75) is 37.9 Å². The van der Waals surface area contributed by atoms with Gasteiger partial charge >= 0.3 is 12.1 Å². The number of imidazole rings is 1. The number of halogens is 3. The second-order valence-electron chi connectivity index (χ2n) is 10.0. The quantitative estimate of drug-likeness (QED) is 0.375. The number of benzene rings is 1. The van der Waals surface area contributed by atoms with Gasteiger partial charge in [0, 0.05) is 37.6 Å². The van der Waals surface area contributed by atoms with Crippen LogP contribution in [0, 0.1) is 0 Å². The average molecular weight is 586 g/mol. The molecule has 4 aromatic rings. The molecule has 3 aromatic heterocycles. The van der Waals surface area contributed by atoms with Gasteiger partial charge in [-0.05, 0) is 57.0 Å². The van der Waals surface area contributed by atoms with Gasteiger partial charge in [0.2, 0.25) is 0 Å². The second kappa shape index (κ2) is 12.2. The molecule has 0 aliphatic carbocycles. The van der Waals surface area contributed by atoms with E-state index in [1.165, 1.54) is 25.9 Å². The standard InChI is InChI=1S/C26H29N7O2.C2HF3O2/c1-35-21-6-4-5-20(17-21)33-22(7-10-28-33)25-29-24(23-18-27-11-16-32(23)25)26(34)31-14-8-19(9-15-31)30-12-2-3-13-30;3-2(4,5)1(6)7/h4-7,10-11,16-19H,2-3,8-9,12-15H2,1H3;(H,6,7). The summed E-state index contributed by atoms with van der Waals surface area (Å²) in [6.45, 7) is 3.91. The molecule has 0 saturated carbocycles. The lowest BCUT2D eigenvalue weighted by Gasteiger charge is -2.36. The number of hydrogen-bond acceptors (Lipinski definition) is 7. The number of aliphatic carboxylic acids is 1. The number of alkyl halides is 3. The highest BCUT2D eigenvalue weighted by Crippen LogP contribution is 2.28. The number of carboxylic acids is 1. The van der Waals surface area contributed by atoms with E-state index in [1.807, 2.05) is 50.5 Å². The fourth-order valence-electron chi connectivity index (χ4n) is 5.39. The van der Waals surface area contributed by atoms with E-state index in [9.17, 15) is 18.0 Å². The Balaban J connectivity index is 0.000000451. The minimum absolute atomic E-state index is 0.0333. The Morgan fingerprint density at radius 2 is 1.76 bits per heavy atom. The van der Waals surface area contributed by atoms with Crippen molar-refractivity contribution in [2.24, 2.45) is 0 Å². The summed E-state index contributed by atoms with van der Waals surface area (Å²) in [5.41, 5.74) is 2.77. The zero-order chi connectivity index (χ0) is 29.9. The molecule has 11 nitrogen and oxygen atoms in total. The van der Waals surface area contributed by atoms with Gasteiger partial charge in [-0.3, -0.25) is 14.2 Å². The second-order valence-corrected chi connectivity index (χ2v) is 10.0. The van der Waals surface area contributed by atoms with Crippen LogP contribution in [-0.2, 0) is 4.79 Å². The number of hydrogen-bond donors (Lipinski definition) is 1. The van der Waals surface area contributed by atoms with E-state index in [1.54, 1.807) is 25.7 Å². The van der Waals surface area contributed by atoms with Gasteiger partial charge in [-0.25, -0.2) is 14.5 Å². The number of carbonyl (C=O) groups excluding carboxylic acids is 1. The predicted molar refractivity (Wildman–Crippen MR) is 146 cm³/mol. The molecule has 2 aliphatic heterocycles. The van der Waals surface area contributed by atoms with Crippen LogP contribution in [0.5, 0.6) is 5.75 Å². The monoisotopic (exact) mass is 585 g/mol. The van der Waals surface area contributed by atoms with Crippen molar-refractivity contribution in [3.63, 3.8) is 0 Å². The smallest absolute Gasteiger partial charge is 0.490 e. The molecule has 1 N–H and O–H groups in total. The number of likely N-dealkylation sites (tertiary alicyclic amines) is 2. The number of carbonyl (C=O) groups is 2. The summed E-state index contributed by atoms with van der Waals surface area (Å²) >= 11 is 0. The van der Waals surface area contributed by atoms with Gasteiger partial charge in [0.05, 0.1) is 30.7 Å². The SMILES string of the molecule is COc1cccc(-n2nccc2-c2nc(C(=O)N3CCC(N4CCCC4)CC3)c3cnccn23)c1.O=C(O)C(F)(F)F. The fourth-order valence-corrected chi connectivity index (χ4v) is 5.39. The van der Waals surface area contributed by atoms with E-state index in [0.29, 0.717) is 23.1 Å². The molecule has 1 aromatic carbocycles. The van der Waals surface area contributed by atoms with Crippen molar-refractivity contribution >= 4 is 17.4 Å². The normalized spacial score (nSPS) is 16.3. The Kier molecular flexibility index (Phi) is 8.43. The third kappa shape index (κ3) is 6.08. The van der Waals surface area contributed by atoms with E-state index >= 15 is 0 Å². The minimum Gasteiger partial charge on any atom is -0.497 e. The zero-order valence-electron chi connectivity index (χ0n) is 22.9. The fraction of sp³-hybridized carbons (Fsp3) is 0.393. The largest absolute Gasteiger partial charge is 0.497 e. The van der Waals surface area contributed by atoms with Crippen LogP contribution in [0.3, 0.4) is 0 Å². The van der Waals surface area contributed by atoms with Crippen LogP contribution in [0.1, 0.15) is 36.2 Å². The molecule has 2 aliphatic rings. The molecule has 14 heteroatoms. The summed E-state index contributed by atoms with van der Waals surface area (Å²) in [5, 5.41) is 11.7. The lowest BCUT2D eigenvalue weighted by Crippen LogP contribution is -2.46. The van der Waals surface area contributed by atoms with Gasteiger partial charge in [0.15, 0.2) is 11.5 Å². The maximum absolute atomic E-state index is 13.6. The number of nitrogens with zero attached hydrogens (tertiary/aromatic N) is 7. The van der Waals surface area contributed by atoms with Crippen LogP contribution in [0.25, 0.3) is 22.7 Å². The Morgan fingerprint density at radius 3 is 2.43 bits per heavy atom. The Labute approximate surface area is 239 Å². The first kappa shape index (κ1) is 29.0. The van der Waals surface area contributed by atoms with E-state index in [0.717, 1.165) is 43.1 Å². The lowest BCUT2D eigenvalue weighted by molar-refractivity contribution is -0.192. The highest BCUT2D eigenvalue weighted by molar-refractivity contribution is 6.00. The number of amides is 1. The van der Waals surface area contributed by atoms with Crippen LogP contribution >= 0.6 is 0 Å². The summed E-state index contributed by atoms with van der Waals surface area (Å²) in [6, 6.07) is 10.2. The van der Waals surface area contributed by atoms with Crippen LogP contribution in [0.4, 0.5) is 13.2 Å². The van der Waals surface area contributed by atoms with E-state index < -0.39 is 12.1 Å². The first-order valence-corrected chi connectivity index (χ1v) is 13.5. The van der Waals surface area contributed by atoms with Crippen molar-refractivity contribution < 1.29 is 32.6 Å². The first-order chi connectivity index (χ1) is 20.2. The van der Waals surface area contributed by atoms with Crippen LogP contribution in [0.2, 0.25) is 0 Å². The topological polar surface area (TPSA) is 118 Å². The average Bonchev–Trinajstić information content (AvgIpc) is 3.77. The molecule has 2 saturated heterocycles. The van der Waals surface area contributed by atoms with Gasteiger partial charge < -0.3 is 19.6 Å². The molecular weight excluding hydrogens is 555 g/mol. The molecule has 0 bridgehead atoms. The molecular formula is C28H30F3N7O4. The number of rotatable bonds is 5.